The van der Waals surface area contributed by atoms with Crippen LogP contribution in [-0.4, -0.2) is 44.4 Å². The van der Waals surface area contributed by atoms with Crippen LogP contribution in [0.3, 0.4) is 0 Å². The van der Waals surface area contributed by atoms with Gasteiger partial charge < -0.3 is 15.4 Å². The van der Waals surface area contributed by atoms with E-state index in [0.29, 0.717) is 36.1 Å². The van der Waals surface area contributed by atoms with Crippen molar-refractivity contribution < 1.29 is 17.9 Å². The topological polar surface area (TPSA) is 87.7 Å². The van der Waals surface area contributed by atoms with Gasteiger partial charge in [0, 0.05) is 29.5 Å². The summed E-state index contributed by atoms with van der Waals surface area (Å²) in [5.74, 6) is 0.0209. The lowest BCUT2D eigenvalue weighted by Gasteiger charge is -2.22. The van der Waals surface area contributed by atoms with E-state index in [9.17, 15) is 13.2 Å². The van der Waals surface area contributed by atoms with E-state index in [2.05, 4.69) is 10.6 Å². The van der Waals surface area contributed by atoms with Gasteiger partial charge in [0.15, 0.2) is 0 Å². The zero-order valence-corrected chi connectivity index (χ0v) is 19.2. The number of amides is 1. The summed E-state index contributed by atoms with van der Waals surface area (Å²) in [5, 5.41) is 6.42. The molecule has 0 radical (unpaired) electrons. The molecule has 0 spiro atoms. The predicted molar refractivity (Wildman–Crippen MR) is 121 cm³/mol. The maximum absolute atomic E-state index is 13.1. The summed E-state index contributed by atoms with van der Waals surface area (Å²) in [6, 6.07) is 11.0. The first-order chi connectivity index (χ1) is 14.2. The van der Waals surface area contributed by atoms with Crippen LogP contribution in [0.4, 0.5) is 11.4 Å². The van der Waals surface area contributed by atoms with E-state index in [0.717, 1.165) is 0 Å². The van der Waals surface area contributed by atoms with E-state index in [1.165, 1.54) is 10.4 Å². The molecule has 2 aromatic carbocycles. The minimum atomic E-state index is -3.73. The number of hydrogen-bond donors (Lipinski definition) is 2. The van der Waals surface area contributed by atoms with Crippen molar-refractivity contribution in [3.8, 4) is 5.75 Å². The number of rotatable bonds is 10. The molecule has 0 aliphatic carbocycles. The van der Waals surface area contributed by atoms with Gasteiger partial charge in [-0.3, -0.25) is 4.79 Å². The van der Waals surface area contributed by atoms with Gasteiger partial charge in [-0.1, -0.05) is 25.4 Å². The highest BCUT2D eigenvalue weighted by atomic mass is 35.5. The third-order valence-corrected chi connectivity index (χ3v) is 6.78. The summed E-state index contributed by atoms with van der Waals surface area (Å²) in [6.45, 7) is 8.10. The van der Waals surface area contributed by atoms with E-state index >= 15 is 0 Å². The molecule has 7 nitrogen and oxygen atoms in total. The normalized spacial score (nSPS) is 12.5. The van der Waals surface area contributed by atoms with Crippen molar-refractivity contribution in [2.24, 2.45) is 0 Å². The molecule has 0 heterocycles. The third kappa shape index (κ3) is 5.87. The summed E-state index contributed by atoms with van der Waals surface area (Å²) in [4.78, 5) is 12.6. The number of carbonyl (C=O) groups excluding carboxylic acids is 1. The lowest BCUT2D eigenvalue weighted by molar-refractivity contribution is -0.116. The van der Waals surface area contributed by atoms with Crippen LogP contribution in [0.25, 0.3) is 0 Å². The zero-order chi connectivity index (χ0) is 22.3. The molecule has 30 heavy (non-hydrogen) atoms. The number of nitrogens with zero attached hydrogens (tertiary/aromatic N) is 1. The SMILES string of the molecule is CCOc1ccc(N[C@H](C)C(=O)Nc2ccc(Cl)cc2)cc1S(=O)(=O)N(CC)CC. The molecule has 2 N–H and O–H groups in total. The predicted octanol–water partition coefficient (Wildman–Crippen LogP) is 4.21. The molecule has 2 rings (SSSR count). The fourth-order valence-electron chi connectivity index (χ4n) is 2.88. The number of benzene rings is 2. The Labute approximate surface area is 183 Å². The third-order valence-electron chi connectivity index (χ3n) is 4.46. The van der Waals surface area contributed by atoms with E-state index < -0.39 is 16.1 Å². The van der Waals surface area contributed by atoms with Gasteiger partial charge in [-0.2, -0.15) is 4.31 Å². The molecular weight excluding hydrogens is 426 g/mol. The quantitative estimate of drug-likeness (QED) is 0.562. The van der Waals surface area contributed by atoms with Gasteiger partial charge >= 0.3 is 0 Å². The molecule has 2 aromatic rings. The molecule has 0 aromatic heterocycles. The standard InChI is InChI=1S/C21H28ClN3O4S/c1-5-25(6-2)30(27,28)20-14-18(12-13-19(20)29-7-3)23-15(4)21(26)24-17-10-8-16(22)9-11-17/h8-15,23H,5-7H2,1-4H3,(H,24,26)/t15-/m1/s1. The van der Waals surface area contributed by atoms with Crippen molar-refractivity contribution in [3.63, 3.8) is 0 Å². The number of anilines is 2. The molecule has 164 valence electrons. The van der Waals surface area contributed by atoms with Crippen LogP contribution in [0, 0.1) is 0 Å². The maximum Gasteiger partial charge on any atom is 0.246 e. The second-order valence-electron chi connectivity index (χ2n) is 6.55. The highest BCUT2D eigenvalue weighted by Crippen LogP contribution is 2.30. The summed E-state index contributed by atoms with van der Waals surface area (Å²) in [5.41, 5.74) is 1.12. The van der Waals surface area contributed by atoms with Crippen molar-refractivity contribution in [2.45, 2.75) is 38.6 Å². The molecule has 1 atom stereocenters. The summed E-state index contributed by atoms with van der Waals surface area (Å²) < 4.78 is 33.0. The van der Waals surface area contributed by atoms with Crippen molar-refractivity contribution >= 4 is 38.9 Å². The molecule has 0 aliphatic heterocycles. The number of halogens is 1. The lowest BCUT2D eigenvalue weighted by atomic mass is 10.2. The van der Waals surface area contributed by atoms with Gasteiger partial charge in [0.25, 0.3) is 0 Å². The van der Waals surface area contributed by atoms with Crippen molar-refractivity contribution in [3.05, 3.63) is 47.5 Å². The van der Waals surface area contributed by atoms with Gasteiger partial charge in [0.2, 0.25) is 15.9 Å². The van der Waals surface area contributed by atoms with Crippen molar-refractivity contribution in [1.29, 1.82) is 0 Å². The average Bonchev–Trinajstić information content (AvgIpc) is 2.71. The smallest absolute Gasteiger partial charge is 0.246 e. The molecule has 0 bridgehead atoms. The van der Waals surface area contributed by atoms with Crippen molar-refractivity contribution in [2.75, 3.05) is 30.3 Å². The van der Waals surface area contributed by atoms with E-state index in [1.54, 1.807) is 64.1 Å². The highest BCUT2D eigenvalue weighted by Gasteiger charge is 2.26. The first-order valence-electron chi connectivity index (χ1n) is 9.82. The molecule has 0 saturated heterocycles. The first-order valence-corrected chi connectivity index (χ1v) is 11.6. The monoisotopic (exact) mass is 453 g/mol. The van der Waals surface area contributed by atoms with Crippen LogP contribution >= 0.6 is 11.6 Å². The Morgan fingerprint density at radius 2 is 1.67 bits per heavy atom. The van der Waals surface area contributed by atoms with Gasteiger partial charge in [-0.25, -0.2) is 8.42 Å². The van der Waals surface area contributed by atoms with Crippen LogP contribution in [0.5, 0.6) is 5.75 Å². The zero-order valence-electron chi connectivity index (χ0n) is 17.6. The first kappa shape index (κ1) is 24.0. The van der Waals surface area contributed by atoms with Crippen LogP contribution in [0.15, 0.2) is 47.4 Å². The molecule has 1 amide bonds. The van der Waals surface area contributed by atoms with Crippen LogP contribution in [0.2, 0.25) is 5.02 Å². The maximum atomic E-state index is 13.1. The van der Waals surface area contributed by atoms with Gasteiger partial charge in [-0.05, 0) is 56.3 Å². The Balaban J connectivity index is 2.25. The lowest BCUT2D eigenvalue weighted by Crippen LogP contribution is -2.32. The largest absolute Gasteiger partial charge is 0.492 e. The molecule has 0 unspecified atom stereocenters. The van der Waals surface area contributed by atoms with E-state index in [1.807, 2.05) is 0 Å². The van der Waals surface area contributed by atoms with Crippen molar-refractivity contribution in [1.82, 2.24) is 4.31 Å². The average molecular weight is 454 g/mol. The van der Waals surface area contributed by atoms with E-state index in [4.69, 9.17) is 16.3 Å². The van der Waals surface area contributed by atoms with Gasteiger partial charge in [0.05, 0.1) is 6.61 Å². The second kappa shape index (κ2) is 10.7. The molecule has 0 saturated carbocycles. The Morgan fingerprint density at radius 1 is 1.07 bits per heavy atom. The van der Waals surface area contributed by atoms with Gasteiger partial charge in [-0.15, -0.1) is 0 Å². The summed E-state index contributed by atoms with van der Waals surface area (Å²) >= 11 is 5.86. The molecule has 9 heteroatoms. The van der Waals surface area contributed by atoms with Gasteiger partial charge in [0.1, 0.15) is 16.7 Å². The Morgan fingerprint density at radius 3 is 2.23 bits per heavy atom. The molecular formula is C21H28ClN3O4S. The fourth-order valence-corrected chi connectivity index (χ4v) is 4.62. The van der Waals surface area contributed by atoms with Crippen LogP contribution in [0.1, 0.15) is 27.7 Å². The number of nitrogens with one attached hydrogen (secondary N) is 2. The highest BCUT2D eigenvalue weighted by molar-refractivity contribution is 7.89. The number of hydrogen-bond acceptors (Lipinski definition) is 5. The van der Waals surface area contributed by atoms with E-state index in [-0.39, 0.29) is 16.6 Å². The molecule has 0 aliphatic rings. The Hall–Kier alpha value is -2.29. The summed E-state index contributed by atoms with van der Waals surface area (Å²) in [6.07, 6.45) is 0. The minimum absolute atomic E-state index is 0.0726. The minimum Gasteiger partial charge on any atom is -0.492 e. The van der Waals surface area contributed by atoms with Crippen LogP contribution in [-0.2, 0) is 14.8 Å². The Kier molecular flexibility index (Phi) is 8.52. The molecule has 0 fully saturated rings. The van der Waals surface area contributed by atoms with Crippen LogP contribution < -0.4 is 15.4 Å². The summed E-state index contributed by atoms with van der Waals surface area (Å²) in [7, 11) is -3.73. The number of sulfonamides is 1. The Bertz CT molecular complexity index is 961. The second-order valence-corrected chi connectivity index (χ2v) is 8.89. The number of carbonyl (C=O) groups is 1. The fraction of sp³-hybridized carbons (Fsp3) is 0.381. The number of ether oxygens (including phenoxy) is 1.